The molecule has 0 aromatic heterocycles. The second-order valence-electron chi connectivity index (χ2n) is 5.15. The number of rotatable bonds is 3. The highest BCUT2D eigenvalue weighted by Crippen LogP contribution is 2.24. The third kappa shape index (κ3) is 3.17. The van der Waals surface area contributed by atoms with Crippen LogP contribution in [0.25, 0.3) is 0 Å². The number of nitrogens with one attached hydrogen (secondary N) is 1. The van der Waals surface area contributed by atoms with E-state index in [9.17, 15) is 14.0 Å². The Labute approximate surface area is 125 Å². The molecule has 0 aliphatic carbocycles. The van der Waals surface area contributed by atoms with Crippen LogP contribution in [-0.4, -0.2) is 29.3 Å². The minimum absolute atomic E-state index is 0.0311. The van der Waals surface area contributed by atoms with Crippen molar-refractivity contribution in [3.05, 3.63) is 28.5 Å². The van der Waals surface area contributed by atoms with Gasteiger partial charge >= 0.3 is 0 Å². The van der Waals surface area contributed by atoms with E-state index >= 15 is 0 Å². The van der Waals surface area contributed by atoms with Crippen molar-refractivity contribution in [2.75, 3.05) is 11.9 Å². The van der Waals surface area contributed by atoms with Gasteiger partial charge in [-0.2, -0.15) is 0 Å². The smallest absolute Gasteiger partial charge is 0.229 e. The molecule has 2 rings (SSSR count). The molecule has 1 saturated heterocycles. The van der Waals surface area contributed by atoms with Gasteiger partial charge < -0.3 is 10.2 Å². The maximum absolute atomic E-state index is 13.7. The molecule has 2 amide bonds. The Bertz CT molecular complexity index is 548. The first-order valence-corrected chi connectivity index (χ1v) is 7.23. The average Bonchev–Trinajstić information content (AvgIpc) is 2.75. The maximum atomic E-state index is 13.7. The molecule has 1 atom stereocenters. The van der Waals surface area contributed by atoms with Gasteiger partial charge in [-0.3, -0.25) is 9.59 Å². The Morgan fingerprint density at radius 1 is 1.50 bits per heavy atom. The Balaban J connectivity index is 2.04. The van der Waals surface area contributed by atoms with Crippen LogP contribution < -0.4 is 5.32 Å². The van der Waals surface area contributed by atoms with Crippen LogP contribution in [0.5, 0.6) is 0 Å². The Kier molecular flexibility index (Phi) is 4.42. The number of halogens is 2. The molecule has 1 aromatic carbocycles. The molecule has 0 radical (unpaired) electrons. The first-order chi connectivity index (χ1) is 9.38. The Morgan fingerprint density at radius 2 is 2.20 bits per heavy atom. The quantitative estimate of drug-likeness (QED) is 0.918. The number of benzene rings is 1. The molecule has 0 bridgehead atoms. The minimum Gasteiger partial charge on any atom is -0.339 e. The number of likely N-dealkylation sites (tertiary alicyclic amines) is 1. The van der Waals surface area contributed by atoms with Crippen LogP contribution in [0.15, 0.2) is 22.7 Å². The summed E-state index contributed by atoms with van der Waals surface area (Å²) in [5, 5.41) is 2.55. The van der Waals surface area contributed by atoms with Crippen molar-refractivity contribution in [1.29, 1.82) is 0 Å². The van der Waals surface area contributed by atoms with Gasteiger partial charge in [0.2, 0.25) is 11.8 Å². The summed E-state index contributed by atoms with van der Waals surface area (Å²) < 4.78 is 14.3. The van der Waals surface area contributed by atoms with Gasteiger partial charge in [0.15, 0.2) is 0 Å². The molecule has 1 aromatic rings. The number of hydrogen-bond acceptors (Lipinski definition) is 2. The lowest BCUT2D eigenvalue weighted by molar-refractivity contribution is -0.129. The summed E-state index contributed by atoms with van der Waals surface area (Å²) in [5.41, 5.74) is 0.133. The Hall–Kier alpha value is -1.43. The SMILES string of the molecule is CC(C)N1C[C@H](C(=O)Nc2ccc(Br)cc2F)CC1=O. The minimum atomic E-state index is -0.502. The molecular weight excluding hydrogens is 327 g/mol. The topological polar surface area (TPSA) is 49.4 Å². The molecule has 1 heterocycles. The number of anilines is 1. The van der Waals surface area contributed by atoms with E-state index < -0.39 is 11.7 Å². The van der Waals surface area contributed by atoms with Crippen molar-refractivity contribution in [3.63, 3.8) is 0 Å². The molecule has 0 saturated carbocycles. The third-order valence-corrected chi connectivity index (χ3v) is 3.83. The van der Waals surface area contributed by atoms with Crippen LogP contribution in [0, 0.1) is 11.7 Å². The molecule has 1 fully saturated rings. The van der Waals surface area contributed by atoms with E-state index in [1.165, 1.54) is 12.1 Å². The van der Waals surface area contributed by atoms with E-state index in [1.807, 2.05) is 13.8 Å². The van der Waals surface area contributed by atoms with Crippen LogP contribution >= 0.6 is 15.9 Å². The summed E-state index contributed by atoms with van der Waals surface area (Å²) in [5.74, 6) is -1.27. The highest BCUT2D eigenvalue weighted by atomic mass is 79.9. The fourth-order valence-electron chi connectivity index (χ4n) is 2.23. The summed E-state index contributed by atoms with van der Waals surface area (Å²) in [6, 6.07) is 4.51. The van der Waals surface area contributed by atoms with Crippen molar-refractivity contribution in [2.24, 2.45) is 5.92 Å². The zero-order chi connectivity index (χ0) is 14.9. The second kappa shape index (κ2) is 5.91. The van der Waals surface area contributed by atoms with E-state index in [2.05, 4.69) is 21.2 Å². The van der Waals surface area contributed by atoms with Gasteiger partial charge in [-0.05, 0) is 32.0 Å². The van der Waals surface area contributed by atoms with Crippen molar-refractivity contribution >= 4 is 33.4 Å². The van der Waals surface area contributed by atoms with Gasteiger partial charge in [0.25, 0.3) is 0 Å². The molecule has 1 aliphatic rings. The number of amides is 2. The zero-order valence-corrected chi connectivity index (χ0v) is 12.9. The second-order valence-corrected chi connectivity index (χ2v) is 6.07. The van der Waals surface area contributed by atoms with Crippen molar-refractivity contribution in [1.82, 2.24) is 4.90 Å². The monoisotopic (exact) mass is 342 g/mol. The lowest BCUT2D eigenvalue weighted by Gasteiger charge is -2.20. The molecular formula is C14H16BrFN2O2. The largest absolute Gasteiger partial charge is 0.339 e. The fourth-order valence-corrected chi connectivity index (χ4v) is 2.57. The highest BCUT2D eigenvalue weighted by molar-refractivity contribution is 9.10. The first-order valence-electron chi connectivity index (χ1n) is 6.44. The number of carbonyl (C=O) groups is 2. The summed E-state index contributed by atoms with van der Waals surface area (Å²) >= 11 is 3.16. The van der Waals surface area contributed by atoms with Crippen LogP contribution in [-0.2, 0) is 9.59 Å². The van der Waals surface area contributed by atoms with Crippen LogP contribution in [0.3, 0.4) is 0 Å². The molecule has 1 N–H and O–H groups in total. The average molecular weight is 343 g/mol. The predicted molar refractivity (Wildman–Crippen MR) is 77.7 cm³/mol. The van der Waals surface area contributed by atoms with Crippen molar-refractivity contribution < 1.29 is 14.0 Å². The van der Waals surface area contributed by atoms with Gasteiger partial charge in [-0.25, -0.2) is 4.39 Å². The van der Waals surface area contributed by atoms with Crippen molar-refractivity contribution in [3.8, 4) is 0 Å². The number of hydrogen-bond donors (Lipinski definition) is 1. The standard InChI is InChI=1S/C14H16BrFN2O2/c1-8(2)18-7-9(5-13(18)19)14(20)17-12-4-3-10(15)6-11(12)16/h3-4,6,8-9H,5,7H2,1-2H3,(H,17,20)/t9-/m1/s1. The number of nitrogens with zero attached hydrogens (tertiary/aromatic N) is 1. The molecule has 1 aliphatic heterocycles. The normalized spacial score (nSPS) is 18.8. The summed E-state index contributed by atoms with van der Waals surface area (Å²) in [7, 11) is 0. The third-order valence-electron chi connectivity index (χ3n) is 3.34. The zero-order valence-electron chi connectivity index (χ0n) is 11.3. The van der Waals surface area contributed by atoms with Crippen LogP contribution in [0.2, 0.25) is 0 Å². The van der Waals surface area contributed by atoms with Gasteiger partial charge in [0, 0.05) is 23.5 Å². The molecule has 0 unspecified atom stereocenters. The van der Waals surface area contributed by atoms with Crippen LogP contribution in [0.4, 0.5) is 10.1 Å². The first kappa shape index (κ1) is 15.0. The summed E-state index contributed by atoms with van der Waals surface area (Å²) in [6.45, 7) is 4.21. The molecule has 20 heavy (non-hydrogen) atoms. The van der Waals surface area contributed by atoms with E-state index in [0.717, 1.165) is 0 Å². The number of carbonyl (C=O) groups excluding carboxylic acids is 2. The summed E-state index contributed by atoms with van der Waals surface area (Å²) in [4.78, 5) is 25.5. The van der Waals surface area contributed by atoms with E-state index in [-0.39, 0.29) is 30.0 Å². The lowest BCUT2D eigenvalue weighted by Crippen LogP contribution is -2.33. The predicted octanol–water partition coefficient (Wildman–Crippen LogP) is 2.78. The van der Waals surface area contributed by atoms with Gasteiger partial charge in [0.1, 0.15) is 5.82 Å². The fraction of sp³-hybridized carbons (Fsp3) is 0.429. The van der Waals surface area contributed by atoms with E-state index in [1.54, 1.807) is 11.0 Å². The highest BCUT2D eigenvalue weighted by Gasteiger charge is 2.35. The van der Waals surface area contributed by atoms with E-state index in [0.29, 0.717) is 11.0 Å². The van der Waals surface area contributed by atoms with Gasteiger partial charge in [0.05, 0.1) is 11.6 Å². The van der Waals surface area contributed by atoms with Gasteiger partial charge in [-0.15, -0.1) is 0 Å². The van der Waals surface area contributed by atoms with Crippen molar-refractivity contribution in [2.45, 2.75) is 26.3 Å². The van der Waals surface area contributed by atoms with E-state index in [4.69, 9.17) is 0 Å². The maximum Gasteiger partial charge on any atom is 0.229 e. The Morgan fingerprint density at radius 3 is 2.75 bits per heavy atom. The summed E-state index contributed by atoms with van der Waals surface area (Å²) in [6.07, 6.45) is 0.183. The molecule has 108 valence electrons. The molecule has 4 nitrogen and oxygen atoms in total. The van der Waals surface area contributed by atoms with Gasteiger partial charge in [-0.1, -0.05) is 15.9 Å². The molecule has 0 spiro atoms. The lowest BCUT2D eigenvalue weighted by atomic mass is 10.1. The molecule has 6 heteroatoms. The van der Waals surface area contributed by atoms with Crippen LogP contribution in [0.1, 0.15) is 20.3 Å².